The second-order valence-electron chi connectivity index (χ2n) is 6.04. The van der Waals surface area contributed by atoms with Crippen molar-refractivity contribution in [2.24, 2.45) is 0 Å². The van der Waals surface area contributed by atoms with E-state index in [4.69, 9.17) is 0 Å². The summed E-state index contributed by atoms with van der Waals surface area (Å²) in [6.45, 7) is 1.86. The van der Waals surface area contributed by atoms with Crippen LogP contribution in [-0.4, -0.2) is 44.8 Å². The molecule has 2 amide bonds. The Morgan fingerprint density at radius 1 is 1.38 bits per heavy atom. The number of rotatable bonds is 4. The number of hydrogen-bond acceptors (Lipinski definition) is 3. The fourth-order valence-electron chi connectivity index (χ4n) is 2.79. The van der Waals surface area contributed by atoms with Crippen LogP contribution in [-0.2, 0) is 13.1 Å². The molecular formula is C17H21FN4O2. The van der Waals surface area contributed by atoms with Crippen LogP contribution in [0.15, 0.2) is 36.9 Å². The molecule has 24 heavy (non-hydrogen) atoms. The molecule has 0 atom stereocenters. The quantitative estimate of drug-likeness (QED) is 0.896. The van der Waals surface area contributed by atoms with Crippen molar-refractivity contribution < 1.29 is 14.3 Å². The summed E-state index contributed by atoms with van der Waals surface area (Å²) in [7, 11) is 0. The number of nitrogens with one attached hydrogen (secondary N) is 1. The molecule has 1 aromatic heterocycles. The van der Waals surface area contributed by atoms with E-state index >= 15 is 0 Å². The van der Waals surface area contributed by atoms with Crippen molar-refractivity contribution in [1.82, 2.24) is 19.8 Å². The van der Waals surface area contributed by atoms with E-state index in [0.29, 0.717) is 44.6 Å². The predicted octanol–water partition coefficient (Wildman–Crippen LogP) is 1.74. The number of halogens is 1. The number of benzene rings is 1. The van der Waals surface area contributed by atoms with Gasteiger partial charge in [-0.2, -0.15) is 0 Å². The minimum Gasteiger partial charge on any atom is -0.393 e. The second-order valence-corrected chi connectivity index (χ2v) is 6.04. The molecule has 128 valence electrons. The average molecular weight is 332 g/mol. The monoisotopic (exact) mass is 332 g/mol. The molecule has 0 radical (unpaired) electrons. The molecule has 0 aliphatic carbocycles. The van der Waals surface area contributed by atoms with Crippen LogP contribution < -0.4 is 5.32 Å². The van der Waals surface area contributed by atoms with E-state index in [1.54, 1.807) is 40.3 Å². The Hall–Kier alpha value is -2.41. The van der Waals surface area contributed by atoms with Gasteiger partial charge in [-0.1, -0.05) is 6.07 Å². The van der Waals surface area contributed by atoms with Crippen molar-refractivity contribution in [3.05, 3.63) is 53.9 Å². The first-order valence-corrected chi connectivity index (χ1v) is 8.05. The van der Waals surface area contributed by atoms with Crippen LogP contribution in [0.2, 0.25) is 0 Å². The van der Waals surface area contributed by atoms with Crippen LogP contribution in [0, 0.1) is 5.82 Å². The molecule has 2 aromatic rings. The zero-order valence-corrected chi connectivity index (χ0v) is 13.4. The number of nitrogens with zero attached hydrogens (tertiary/aromatic N) is 3. The molecule has 3 rings (SSSR count). The zero-order chi connectivity index (χ0) is 16.9. The van der Waals surface area contributed by atoms with Gasteiger partial charge in [0.1, 0.15) is 5.82 Å². The largest absolute Gasteiger partial charge is 0.393 e. The van der Waals surface area contributed by atoms with E-state index in [1.165, 1.54) is 6.07 Å². The molecule has 1 aliphatic heterocycles. The van der Waals surface area contributed by atoms with Crippen LogP contribution in [0.1, 0.15) is 24.0 Å². The van der Waals surface area contributed by atoms with Crippen LogP contribution in [0.5, 0.6) is 0 Å². The normalized spacial score (nSPS) is 15.5. The Kier molecular flexibility index (Phi) is 5.10. The molecule has 1 aliphatic rings. The molecule has 2 N–H and O–H groups in total. The van der Waals surface area contributed by atoms with E-state index in [1.807, 2.05) is 0 Å². The molecule has 0 unspecified atom stereocenters. The van der Waals surface area contributed by atoms with Gasteiger partial charge in [0.25, 0.3) is 0 Å². The Balaban J connectivity index is 1.58. The van der Waals surface area contributed by atoms with Gasteiger partial charge >= 0.3 is 6.03 Å². The topological polar surface area (TPSA) is 70.4 Å². The van der Waals surface area contributed by atoms with Gasteiger partial charge in [0, 0.05) is 37.6 Å². The number of likely N-dealkylation sites (tertiary alicyclic amines) is 1. The number of aliphatic hydroxyl groups excluding tert-OH is 1. The molecule has 2 heterocycles. The molecule has 1 aromatic carbocycles. The highest BCUT2D eigenvalue weighted by Gasteiger charge is 2.20. The van der Waals surface area contributed by atoms with Gasteiger partial charge in [0.05, 0.1) is 19.0 Å². The number of aliphatic hydroxyl groups is 1. The summed E-state index contributed by atoms with van der Waals surface area (Å²) < 4.78 is 15.7. The van der Waals surface area contributed by atoms with Crippen LogP contribution in [0.25, 0.3) is 0 Å². The first-order chi connectivity index (χ1) is 11.6. The number of piperidine rings is 1. The highest BCUT2D eigenvalue weighted by molar-refractivity contribution is 5.74. The minimum absolute atomic E-state index is 0.151. The fraction of sp³-hybridized carbons (Fsp3) is 0.412. The van der Waals surface area contributed by atoms with Crippen molar-refractivity contribution in [3.8, 4) is 0 Å². The third kappa shape index (κ3) is 4.11. The molecule has 1 fully saturated rings. The molecule has 7 heteroatoms. The predicted molar refractivity (Wildman–Crippen MR) is 86.8 cm³/mol. The standard InChI is InChI=1S/C17H21FN4O2/c18-16-2-1-13(9-14(16)11-21-8-5-19-12-21)10-20-17(24)22-6-3-15(23)4-7-22/h1-2,5,8-9,12,15,23H,3-4,6-7,10-11H2,(H,20,24). The SMILES string of the molecule is O=C(NCc1ccc(F)c(Cn2ccnc2)c1)N1CCC(O)CC1. The number of urea groups is 1. The van der Waals surface area contributed by atoms with E-state index in [-0.39, 0.29) is 18.0 Å². The summed E-state index contributed by atoms with van der Waals surface area (Å²) in [6.07, 6.45) is 5.98. The number of hydrogen-bond donors (Lipinski definition) is 2. The van der Waals surface area contributed by atoms with Crippen molar-refractivity contribution in [2.45, 2.75) is 32.0 Å². The Labute approximate surface area is 139 Å². The van der Waals surface area contributed by atoms with Gasteiger partial charge in [-0.05, 0) is 30.5 Å². The van der Waals surface area contributed by atoms with Gasteiger partial charge in [-0.25, -0.2) is 14.2 Å². The summed E-state index contributed by atoms with van der Waals surface area (Å²) in [5.41, 5.74) is 1.40. The molecule has 1 saturated heterocycles. The van der Waals surface area contributed by atoms with Crippen LogP contribution in [0.3, 0.4) is 0 Å². The summed E-state index contributed by atoms with van der Waals surface area (Å²) in [4.78, 5) is 17.8. The number of amides is 2. The molecule has 0 bridgehead atoms. The first kappa shape index (κ1) is 16.4. The smallest absolute Gasteiger partial charge is 0.317 e. The third-order valence-electron chi connectivity index (χ3n) is 4.22. The van der Waals surface area contributed by atoms with E-state index in [2.05, 4.69) is 10.3 Å². The van der Waals surface area contributed by atoms with Crippen molar-refractivity contribution >= 4 is 6.03 Å². The summed E-state index contributed by atoms with van der Waals surface area (Å²) >= 11 is 0. The maximum absolute atomic E-state index is 13.9. The fourth-order valence-corrected chi connectivity index (χ4v) is 2.79. The lowest BCUT2D eigenvalue weighted by atomic mass is 10.1. The van der Waals surface area contributed by atoms with Gasteiger partial charge in [-0.3, -0.25) is 0 Å². The summed E-state index contributed by atoms with van der Waals surface area (Å²) in [6, 6.07) is 4.70. The second kappa shape index (κ2) is 7.44. The lowest BCUT2D eigenvalue weighted by Gasteiger charge is -2.29. The Morgan fingerprint density at radius 2 is 2.17 bits per heavy atom. The van der Waals surface area contributed by atoms with Crippen molar-refractivity contribution in [3.63, 3.8) is 0 Å². The summed E-state index contributed by atoms with van der Waals surface area (Å²) in [5, 5.41) is 12.3. The Bertz CT molecular complexity index is 682. The highest BCUT2D eigenvalue weighted by atomic mass is 19.1. The van der Waals surface area contributed by atoms with Crippen molar-refractivity contribution in [2.75, 3.05) is 13.1 Å². The zero-order valence-electron chi connectivity index (χ0n) is 13.4. The number of carbonyl (C=O) groups is 1. The number of carbonyl (C=O) groups excluding carboxylic acids is 1. The van der Waals surface area contributed by atoms with E-state index < -0.39 is 0 Å². The lowest BCUT2D eigenvalue weighted by molar-refractivity contribution is 0.0936. The third-order valence-corrected chi connectivity index (χ3v) is 4.22. The number of aromatic nitrogens is 2. The molecule has 0 spiro atoms. The minimum atomic E-state index is -0.308. The maximum Gasteiger partial charge on any atom is 0.317 e. The highest BCUT2D eigenvalue weighted by Crippen LogP contribution is 2.13. The molecular weight excluding hydrogens is 311 g/mol. The van der Waals surface area contributed by atoms with Gasteiger partial charge in [-0.15, -0.1) is 0 Å². The van der Waals surface area contributed by atoms with Crippen LogP contribution >= 0.6 is 0 Å². The van der Waals surface area contributed by atoms with Crippen LogP contribution in [0.4, 0.5) is 9.18 Å². The number of imidazole rings is 1. The first-order valence-electron chi connectivity index (χ1n) is 8.05. The van der Waals surface area contributed by atoms with E-state index in [9.17, 15) is 14.3 Å². The molecule has 6 nitrogen and oxygen atoms in total. The van der Waals surface area contributed by atoms with Gasteiger partial charge < -0.3 is 19.9 Å². The Morgan fingerprint density at radius 3 is 2.88 bits per heavy atom. The van der Waals surface area contributed by atoms with Gasteiger partial charge in [0.2, 0.25) is 0 Å². The van der Waals surface area contributed by atoms with E-state index in [0.717, 1.165) is 5.56 Å². The summed E-state index contributed by atoms with van der Waals surface area (Å²) in [5.74, 6) is -0.274. The lowest BCUT2D eigenvalue weighted by Crippen LogP contribution is -2.45. The average Bonchev–Trinajstić information content (AvgIpc) is 3.09. The maximum atomic E-state index is 13.9. The van der Waals surface area contributed by atoms with Crippen molar-refractivity contribution in [1.29, 1.82) is 0 Å². The molecule has 0 saturated carbocycles. The van der Waals surface area contributed by atoms with Gasteiger partial charge in [0.15, 0.2) is 0 Å².